The summed E-state index contributed by atoms with van der Waals surface area (Å²) in [6.45, 7) is 2.72. The molecule has 0 aliphatic heterocycles. The van der Waals surface area contributed by atoms with Gasteiger partial charge in [0.1, 0.15) is 28.6 Å². The fraction of sp³-hybridized carbons (Fsp3) is 0.333. The Morgan fingerprint density at radius 1 is 1.05 bits per heavy atom. The first kappa shape index (κ1) is 26.8. The number of rotatable bonds is 10. The quantitative estimate of drug-likeness (QED) is 0.270. The summed E-state index contributed by atoms with van der Waals surface area (Å²) in [6.07, 6.45) is 2.26. The van der Waals surface area contributed by atoms with Crippen molar-refractivity contribution >= 4 is 16.8 Å². The number of aliphatic hydroxyl groups is 1. The van der Waals surface area contributed by atoms with E-state index >= 15 is 0 Å². The summed E-state index contributed by atoms with van der Waals surface area (Å²) >= 11 is 0. The first-order valence-electron chi connectivity index (χ1n) is 12.7. The normalized spacial score (nSPS) is 11.2. The highest BCUT2D eigenvalue weighted by Gasteiger charge is 2.22. The second-order valence-corrected chi connectivity index (χ2v) is 9.27. The molecule has 1 amide bonds. The number of aryl methyl sites for hydroxylation is 4. The summed E-state index contributed by atoms with van der Waals surface area (Å²) in [4.78, 5) is 22.8. The van der Waals surface area contributed by atoms with Crippen molar-refractivity contribution < 1.29 is 19.4 Å². The van der Waals surface area contributed by atoms with Crippen LogP contribution in [-0.4, -0.2) is 71.1 Å². The van der Waals surface area contributed by atoms with Crippen LogP contribution in [0.1, 0.15) is 28.2 Å². The number of amides is 1. The van der Waals surface area contributed by atoms with Gasteiger partial charge in [0.05, 0.1) is 31.6 Å². The third-order valence-corrected chi connectivity index (χ3v) is 6.55. The van der Waals surface area contributed by atoms with E-state index in [-0.39, 0.29) is 24.8 Å². The van der Waals surface area contributed by atoms with Gasteiger partial charge in [-0.2, -0.15) is 10.2 Å². The number of nitrogens with zero attached hydrogens (tertiary/aromatic N) is 8. The van der Waals surface area contributed by atoms with E-state index in [9.17, 15) is 9.90 Å². The SMILES string of the molecule is COc1ccc(CNC(=O)c2cc3c(cnn3C)c(-c3nc(-c4cc(C)nn4CCCO)nn3C)n2)c(OC)c1. The minimum Gasteiger partial charge on any atom is -0.497 e. The van der Waals surface area contributed by atoms with Crippen molar-refractivity contribution in [2.75, 3.05) is 20.8 Å². The molecule has 2 N–H and O–H groups in total. The van der Waals surface area contributed by atoms with Gasteiger partial charge in [-0.3, -0.25) is 14.2 Å². The number of hydrogen-bond acceptors (Lipinski definition) is 9. The molecule has 208 valence electrons. The van der Waals surface area contributed by atoms with Crippen LogP contribution in [0, 0.1) is 6.92 Å². The number of benzene rings is 1. The van der Waals surface area contributed by atoms with Gasteiger partial charge in [-0.05, 0) is 37.6 Å². The van der Waals surface area contributed by atoms with Gasteiger partial charge in [0.25, 0.3) is 5.91 Å². The van der Waals surface area contributed by atoms with Gasteiger partial charge in [0.2, 0.25) is 0 Å². The molecule has 5 aromatic rings. The Hall–Kier alpha value is -4.78. The third-order valence-electron chi connectivity index (χ3n) is 6.55. The van der Waals surface area contributed by atoms with E-state index in [0.717, 1.165) is 27.9 Å². The van der Waals surface area contributed by atoms with E-state index in [0.29, 0.717) is 41.8 Å². The smallest absolute Gasteiger partial charge is 0.270 e. The van der Waals surface area contributed by atoms with Crippen molar-refractivity contribution in [3.05, 3.63) is 53.5 Å². The predicted molar refractivity (Wildman–Crippen MR) is 147 cm³/mol. The van der Waals surface area contributed by atoms with Crippen LogP contribution >= 0.6 is 0 Å². The van der Waals surface area contributed by atoms with Crippen molar-refractivity contribution in [1.29, 1.82) is 0 Å². The number of methoxy groups -OCH3 is 2. The van der Waals surface area contributed by atoms with E-state index in [4.69, 9.17) is 19.4 Å². The van der Waals surface area contributed by atoms with Crippen molar-refractivity contribution in [3.63, 3.8) is 0 Å². The first-order valence-corrected chi connectivity index (χ1v) is 12.7. The molecule has 0 saturated carbocycles. The van der Waals surface area contributed by atoms with Crippen LogP contribution in [0.2, 0.25) is 0 Å². The number of pyridine rings is 1. The van der Waals surface area contributed by atoms with Crippen LogP contribution in [0.3, 0.4) is 0 Å². The van der Waals surface area contributed by atoms with E-state index < -0.39 is 0 Å². The Balaban J connectivity index is 1.50. The van der Waals surface area contributed by atoms with Gasteiger partial charge in [-0.1, -0.05) is 0 Å². The van der Waals surface area contributed by atoms with Crippen LogP contribution in [-0.2, 0) is 27.2 Å². The molecule has 13 heteroatoms. The van der Waals surface area contributed by atoms with Crippen molar-refractivity contribution in [1.82, 2.24) is 44.6 Å². The summed E-state index contributed by atoms with van der Waals surface area (Å²) in [6, 6.07) is 9.03. The van der Waals surface area contributed by atoms with E-state index in [1.807, 2.05) is 25.1 Å². The minimum absolute atomic E-state index is 0.0578. The number of nitrogens with one attached hydrogen (secondary N) is 1. The highest BCUT2D eigenvalue weighted by Crippen LogP contribution is 2.29. The van der Waals surface area contributed by atoms with Crippen LogP contribution < -0.4 is 14.8 Å². The molecule has 1 aromatic carbocycles. The van der Waals surface area contributed by atoms with Crippen molar-refractivity contribution in [2.45, 2.75) is 26.4 Å². The summed E-state index contributed by atoms with van der Waals surface area (Å²) < 4.78 is 15.8. The molecule has 0 saturated heterocycles. The van der Waals surface area contributed by atoms with E-state index in [1.165, 1.54) is 0 Å². The topological polar surface area (TPSA) is 147 Å². The lowest BCUT2D eigenvalue weighted by Crippen LogP contribution is -2.24. The number of fused-ring (bicyclic) bond motifs is 1. The van der Waals surface area contributed by atoms with Crippen LogP contribution in [0.4, 0.5) is 0 Å². The highest BCUT2D eigenvalue weighted by atomic mass is 16.5. The van der Waals surface area contributed by atoms with Crippen LogP contribution in [0.5, 0.6) is 11.5 Å². The number of carbonyl (C=O) groups is 1. The van der Waals surface area contributed by atoms with Gasteiger partial charge < -0.3 is 19.9 Å². The van der Waals surface area contributed by atoms with Gasteiger partial charge in [0, 0.05) is 50.8 Å². The molecule has 0 aliphatic rings. The Bertz CT molecular complexity index is 1690. The lowest BCUT2D eigenvalue weighted by molar-refractivity contribution is 0.0946. The molecule has 0 unspecified atom stereocenters. The molecule has 40 heavy (non-hydrogen) atoms. The first-order chi connectivity index (χ1) is 19.3. The zero-order chi connectivity index (χ0) is 28.4. The summed E-state index contributed by atoms with van der Waals surface area (Å²) in [5, 5.41) is 26.5. The average Bonchev–Trinajstić information content (AvgIpc) is 3.65. The van der Waals surface area contributed by atoms with Gasteiger partial charge in [0.15, 0.2) is 11.6 Å². The second-order valence-electron chi connectivity index (χ2n) is 9.27. The summed E-state index contributed by atoms with van der Waals surface area (Å²) in [7, 11) is 6.74. The number of ether oxygens (including phenoxy) is 2. The zero-order valence-corrected chi connectivity index (χ0v) is 23.0. The monoisotopic (exact) mass is 545 g/mol. The summed E-state index contributed by atoms with van der Waals surface area (Å²) in [5.41, 5.74) is 3.78. The average molecular weight is 546 g/mol. The molecule has 0 spiro atoms. The fourth-order valence-electron chi connectivity index (χ4n) is 4.51. The molecule has 13 nitrogen and oxygen atoms in total. The maximum atomic E-state index is 13.3. The Morgan fingerprint density at radius 2 is 1.88 bits per heavy atom. The standard InChI is InChI=1S/C27H31N9O4/c1-16-11-22(36(32-16)9-6-10-37)25-31-26(35(3)33-25)24-19-15-29-34(2)21(19)13-20(30-24)27(38)28-14-17-7-8-18(39-4)12-23(17)40-5/h7-8,11-13,15,37H,6,9-10,14H2,1-5H3,(H,28,38). The Kier molecular flexibility index (Phi) is 7.47. The minimum atomic E-state index is -0.359. The molecule has 0 radical (unpaired) electrons. The Morgan fingerprint density at radius 3 is 2.62 bits per heavy atom. The number of aromatic nitrogens is 8. The highest BCUT2D eigenvalue weighted by molar-refractivity contribution is 5.99. The second kappa shape index (κ2) is 11.1. The zero-order valence-electron chi connectivity index (χ0n) is 23.0. The molecule has 4 aromatic heterocycles. The van der Waals surface area contributed by atoms with Crippen molar-refractivity contribution in [2.24, 2.45) is 14.1 Å². The lowest BCUT2D eigenvalue weighted by Gasteiger charge is -2.12. The molecule has 0 bridgehead atoms. The van der Waals surface area contributed by atoms with Gasteiger partial charge in [-0.25, -0.2) is 14.6 Å². The maximum absolute atomic E-state index is 13.3. The molecule has 5 rings (SSSR count). The summed E-state index contributed by atoms with van der Waals surface area (Å²) in [5.74, 6) is 1.86. The van der Waals surface area contributed by atoms with Crippen LogP contribution in [0.15, 0.2) is 36.5 Å². The number of aliphatic hydroxyl groups excluding tert-OH is 1. The molecule has 4 heterocycles. The Labute approximate surface area is 230 Å². The third kappa shape index (κ3) is 5.10. The fourth-order valence-corrected chi connectivity index (χ4v) is 4.51. The van der Waals surface area contributed by atoms with E-state index in [1.54, 1.807) is 60.7 Å². The van der Waals surface area contributed by atoms with Gasteiger partial charge in [-0.15, -0.1) is 5.10 Å². The molecule has 0 aliphatic carbocycles. The van der Waals surface area contributed by atoms with Crippen molar-refractivity contribution in [3.8, 4) is 34.5 Å². The molecule has 0 fully saturated rings. The molecular formula is C27H31N9O4. The maximum Gasteiger partial charge on any atom is 0.270 e. The van der Waals surface area contributed by atoms with Gasteiger partial charge >= 0.3 is 0 Å². The largest absolute Gasteiger partial charge is 0.497 e. The number of hydrogen-bond donors (Lipinski definition) is 2. The van der Waals surface area contributed by atoms with Crippen LogP contribution in [0.25, 0.3) is 33.9 Å². The predicted octanol–water partition coefficient (Wildman–Crippen LogP) is 2.27. The van der Waals surface area contributed by atoms with E-state index in [2.05, 4.69) is 20.6 Å². The molecular weight excluding hydrogens is 514 g/mol. The number of carbonyl (C=O) groups excluding carboxylic acids is 1. The molecule has 0 atom stereocenters. The lowest BCUT2D eigenvalue weighted by atomic mass is 10.1.